The van der Waals surface area contributed by atoms with E-state index in [4.69, 9.17) is 19.2 Å². The Morgan fingerprint density at radius 1 is 0.912 bits per heavy atom. The summed E-state index contributed by atoms with van der Waals surface area (Å²) in [5, 5.41) is 0. The van der Waals surface area contributed by atoms with Gasteiger partial charge in [-0.3, -0.25) is 9.69 Å². The highest BCUT2D eigenvalue weighted by Gasteiger charge is 2.26. The quantitative estimate of drug-likeness (QED) is 0.479. The standard InChI is InChI=1S/C26H34N4O4/c1-5-32-22-16-19(17-23(33-6-2)25(22)34-7-3)26(31)30-14-12-29(13-15-30)18-24-27-20-10-8-9-11-21(20)28(24)4/h8-11,16-17H,5-7,12-15,18H2,1-4H3. The summed E-state index contributed by atoms with van der Waals surface area (Å²) in [6.07, 6.45) is 0. The van der Waals surface area contributed by atoms with E-state index in [-0.39, 0.29) is 5.91 Å². The first kappa shape index (κ1) is 23.9. The molecule has 1 aromatic heterocycles. The second kappa shape index (κ2) is 10.8. The predicted octanol–water partition coefficient (Wildman–Crippen LogP) is 3.73. The maximum atomic E-state index is 13.4. The third-order valence-electron chi connectivity index (χ3n) is 6.06. The number of nitrogens with zero attached hydrogens (tertiary/aromatic N) is 4. The molecular formula is C26H34N4O4. The molecule has 1 aliphatic heterocycles. The highest BCUT2D eigenvalue weighted by molar-refractivity contribution is 5.95. The van der Waals surface area contributed by atoms with Crippen LogP contribution in [0.25, 0.3) is 11.0 Å². The van der Waals surface area contributed by atoms with Gasteiger partial charge in [-0.25, -0.2) is 4.98 Å². The van der Waals surface area contributed by atoms with Gasteiger partial charge in [-0.1, -0.05) is 12.1 Å². The number of amides is 1. The Morgan fingerprint density at radius 2 is 1.53 bits per heavy atom. The summed E-state index contributed by atoms with van der Waals surface area (Å²) in [6, 6.07) is 11.7. The lowest BCUT2D eigenvalue weighted by molar-refractivity contribution is 0.0623. The van der Waals surface area contributed by atoms with Gasteiger partial charge in [-0.05, 0) is 45.0 Å². The zero-order valence-electron chi connectivity index (χ0n) is 20.5. The van der Waals surface area contributed by atoms with Gasteiger partial charge in [0.2, 0.25) is 5.75 Å². The van der Waals surface area contributed by atoms with Crippen LogP contribution < -0.4 is 14.2 Å². The molecule has 2 aromatic carbocycles. The minimum Gasteiger partial charge on any atom is -0.490 e. The summed E-state index contributed by atoms with van der Waals surface area (Å²) in [5.74, 6) is 2.65. The zero-order chi connectivity index (χ0) is 24.1. The first-order valence-electron chi connectivity index (χ1n) is 12.0. The summed E-state index contributed by atoms with van der Waals surface area (Å²) in [7, 11) is 2.06. The first-order valence-corrected chi connectivity index (χ1v) is 12.0. The van der Waals surface area contributed by atoms with Crippen molar-refractivity contribution in [2.24, 2.45) is 7.05 Å². The largest absolute Gasteiger partial charge is 0.490 e. The van der Waals surface area contributed by atoms with E-state index in [1.807, 2.05) is 43.9 Å². The Kier molecular flexibility index (Phi) is 7.57. The van der Waals surface area contributed by atoms with Gasteiger partial charge in [0.25, 0.3) is 5.91 Å². The average Bonchev–Trinajstić information content (AvgIpc) is 3.16. The van der Waals surface area contributed by atoms with Crippen LogP contribution >= 0.6 is 0 Å². The third kappa shape index (κ3) is 4.97. The van der Waals surface area contributed by atoms with E-state index >= 15 is 0 Å². The van der Waals surface area contributed by atoms with Gasteiger partial charge in [-0.15, -0.1) is 0 Å². The second-order valence-corrected chi connectivity index (χ2v) is 8.24. The molecule has 1 fully saturated rings. The summed E-state index contributed by atoms with van der Waals surface area (Å²) < 4.78 is 19.5. The van der Waals surface area contributed by atoms with Crippen LogP contribution in [-0.4, -0.2) is 71.3 Å². The maximum Gasteiger partial charge on any atom is 0.254 e. The summed E-state index contributed by atoms with van der Waals surface area (Å²) >= 11 is 0. The zero-order valence-corrected chi connectivity index (χ0v) is 20.5. The van der Waals surface area contributed by atoms with Crippen molar-refractivity contribution < 1.29 is 19.0 Å². The number of aryl methyl sites for hydroxylation is 1. The Bertz CT molecular complexity index is 1110. The number of piperazine rings is 1. The number of aromatic nitrogens is 2. The smallest absolute Gasteiger partial charge is 0.254 e. The Morgan fingerprint density at radius 3 is 2.12 bits per heavy atom. The molecule has 1 aliphatic rings. The number of hydrogen-bond donors (Lipinski definition) is 0. The Hall–Kier alpha value is -3.26. The monoisotopic (exact) mass is 466 g/mol. The molecule has 0 spiro atoms. The van der Waals surface area contributed by atoms with Crippen LogP contribution in [0.15, 0.2) is 36.4 Å². The fourth-order valence-corrected chi connectivity index (χ4v) is 4.34. The maximum absolute atomic E-state index is 13.4. The minimum atomic E-state index is -0.0210. The number of fused-ring (bicyclic) bond motifs is 1. The van der Waals surface area contributed by atoms with Crippen molar-refractivity contribution in [1.29, 1.82) is 0 Å². The molecule has 8 heteroatoms. The van der Waals surface area contributed by atoms with Crippen LogP contribution in [-0.2, 0) is 13.6 Å². The Labute approximate surface area is 201 Å². The number of rotatable bonds is 9. The van der Waals surface area contributed by atoms with Crippen molar-refractivity contribution in [3.8, 4) is 17.2 Å². The molecule has 3 aromatic rings. The predicted molar refractivity (Wildman–Crippen MR) is 132 cm³/mol. The van der Waals surface area contributed by atoms with Crippen LogP contribution in [0, 0.1) is 0 Å². The van der Waals surface area contributed by atoms with E-state index in [1.54, 1.807) is 12.1 Å². The van der Waals surface area contributed by atoms with E-state index < -0.39 is 0 Å². The first-order chi connectivity index (χ1) is 16.5. The molecule has 4 rings (SSSR count). The number of carbonyl (C=O) groups is 1. The van der Waals surface area contributed by atoms with Crippen molar-refractivity contribution in [2.75, 3.05) is 46.0 Å². The third-order valence-corrected chi connectivity index (χ3v) is 6.06. The lowest BCUT2D eigenvalue weighted by Crippen LogP contribution is -2.48. The second-order valence-electron chi connectivity index (χ2n) is 8.24. The molecule has 2 heterocycles. The van der Waals surface area contributed by atoms with Gasteiger partial charge in [0, 0.05) is 38.8 Å². The van der Waals surface area contributed by atoms with Gasteiger partial charge < -0.3 is 23.7 Å². The lowest BCUT2D eigenvalue weighted by atomic mass is 10.1. The molecule has 0 radical (unpaired) electrons. The molecule has 0 atom stereocenters. The van der Waals surface area contributed by atoms with E-state index in [0.29, 0.717) is 55.7 Å². The van der Waals surface area contributed by atoms with Crippen LogP contribution in [0.1, 0.15) is 37.0 Å². The van der Waals surface area contributed by atoms with Gasteiger partial charge in [0.15, 0.2) is 11.5 Å². The van der Waals surface area contributed by atoms with E-state index in [1.165, 1.54) is 0 Å². The normalized spacial score (nSPS) is 14.4. The van der Waals surface area contributed by atoms with E-state index in [9.17, 15) is 4.79 Å². The molecule has 8 nitrogen and oxygen atoms in total. The van der Waals surface area contributed by atoms with E-state index in [2.05, 4.69) is 22.6 Å². The van der Waals surface area contributed by atoms with Crippen molar-refractivity contribution in [3.63, 3.8) is 0 Å². The van der Waals surface area contributed by atoms with Gasteiger partial charge in [-0.2, -0.15) is 0 Å². The molecule has 0 N–H and O–H groups in total. The number of carbonyl (C=O) groups excluding carboxylic acids is 1. The molecule has 0 aliphatic carbocycles. The minimum absolute atomic E-state index is 0.0210. The molecule has 182 valence electrons. The van der Waals surface area contributed by atoms with Crippen molar-refractivity contribution in [1.82, 2.24) is 19.4 Å². The van der Waals surface area contributed by atoms with Crippen molar-refractivity contribution >= 4 is 16.9 Å². The Balaban J connectivity index is 1.45. The molecule has 1 amide bonds. The molecule has 0 bridgehead atoms. The number of para-hydroxylation sites is 2. The van der Waals surface area contributed by atoms with Crippen LogP contribution in [0.3, 0.4) is 0 Å². The van der Waals surface area contributed by atoms with Crippen molar-refractivity contribution in [2.45, 2.75) is 27.3 Å². The van der Waals surface area contributed by atoms with Crippen LogP contribution in [0.4, 0.5) is 0 Å². The van der Waals surface area contributed by atoms with E-state index in [0.717, 1.165) is 36.5 Å². The topological polar surface area (TPSA) is 69.1 Å². The molecule has 34 heavy (non-hydrogen) atoms. The summed E-state index contributed by atoms with van der Waals surface area (Å²) in [4.78, 5) is 22.4. The highest BCUT2D eigenvalue weighted by Crippen LogP contribution is 2.39. The molecule has 0 unspecified atom stereocenters. The number of hydrogen-bond acceptors (Lipinski definition) is 6. The van der Waals surface area contributed by atoms with Crippen LogP contribution in [0.5, 0.6) is 17.2 Å². The van der Waals surface area contributed by atoms with Crippen molar-refractivity contribution in [3.05, 3.63) is 47.8 Å². The van der Waals surface area contributed by atoms with Gasteiger partial charge in [0.1, 0.15) is 5.82 Å². The molecule has 0 saturated carbocycles. The van der Waals surface area contributed by atoms with Gasteiger partial charge >= 0.3 is 0 Å². The number of benzene rings is 2. The summed E-state index contributed by atoms with van der Waals surface area (Å²) in [6.45, 7) is 10.8. The fraction of sp³-hybridized carbons (Fsp3) is 0.462. The number of imidazole rings is 1. The molecular weight excluding hydrogens is 432 g/mol. The SMILES string of the molecule is CCOc1cc(C(=O)N2CCN(Cc3nc4ccccc4n3C)CC2)cc(OCC)c1OCC. The lowest BCUT2D eigenvalue weighted by Gasteiger charge is -2.34. The number of ether oxygens (including phenoxy) is 3. The van der Waals surface area contributed by atoms with Gasteiger partial charge in [0.05, 0.1) is 37.4 Å². The fourth-order valence-electron chi connectivity index (χ4n) is 4.34. The summed E-state index contributed by atoms with van der Waals surface area (Å²) in [5.41, 5.74) is 2.70. The van der Waals surface area contributed by atoms with Crippen LogP contribution in [0.2, 0.25) is 0 Å². The highest BCUT2D eigenvalue weighted by atomic mass is 16.5. The molecule has 1 saturated heterocycles. The average molecular weight is 467 g/mol.